The van der Waals surface area contributed by atoms with Gasteiger partial charge in [0.1, 0.15) is 0 Å². The monoisotopic (exact) mass is 293 g/mol. The Labute approximate surface area is 114 Å². The summed E-state index contributed by atoms with van der Waals surface area (Å²) in [5.74, 6) is -0.646. The summed E-state index contributed by atoms with van der Waals surface area (Å²) in [5, 5.41) is 0. The molecule has 0 radical (unpaired) electrons. The van der Waals surface area contributed by atoms with Gasteiger partial charge in [-0.1, -0.05) is 0 Å². The second-order valence-corrected chi connectivity index (χ2v) is 3.86. The number of halogens is 3. The van der Waals surface area contributed by atoms with E-state index in [1.807, 2.05) is 0 Å². The van der Waals surface area contributed by atoms with Gasteiger partial charge in [0.2, 0.25) is 5.88 Å². The van der Waals surface area contributed by atoms with Crippen LogP contribution in [0.2, 0.25) is 0 Å². The van der Waals surface area contributed by atoms with Gasteiger partial charge in [-0.05, 0) is 12.5 Å². The number of methoxy groups -OCH3 is 1. The molecule has 1 aromatic heterocycles. The molecule has 0 aliphatic heterocycles. The highest BCUT2D eigenvalue weighted by atomic mass is 35.5. The number of ether oxygens (including phenoxy) is 2. The third-order valence-corrected chi connectivity index (χ3v) is 2.67. The van der Waals surface area contributed by atoms with Gasteiger partial charge in [-0.25, -0.2) is 13.8 Å². The van der Waals surface area contributed by atoms with Crippen molar-refractivity contribution in [1.29, 1.82) is 0 Å². The van der Waals surface area contributed by atoms with Gasteiger partial charge in [0, 0.05) is 11.6 Å². The molecule has 0 atom stereocenters. The smallest absolute Gasteiger partial charge is 0.310 e. The van der Waals surface area contributed by atoms with Crippen LogP contribution in [0.3, 0.4) is 0 Å². The van der Waals surface area contributed by atoms with Gasteiger partial charge < -0.3 is 9.47 Å². The molecule has 1 aromatic rings. The number of pyridine rings is 1. The molecule has 19 heavy (non-hydrogen) atoms. The number of esters is 1. The van der Waals surface area contributed by atoms with Crippen LogP contribution >= 0.6 is 11.6 Å². The third kappa shape index (κ3) is 4.02. The Morgan fingerprint density at radius 3 is 2.68 bits per heavy atom. The zero-order valence-electron chi connectivity index (χ0n) is 10.6. The second kappa shape index (κ2) is 7.23. The number of hydrogen-bond acceptors (Lipinski definition) is 4. The number of nitrogens with zero attached hydrogens (tertiary/aromatic N) is 1. The maximum absolute atomic E-state index is 13.0. The molecule has 1 rings (SSSR count). The molecule has 4 nitrogen and oxygen atoms in total. The average molecular weight is 294 g/mol. The fraction of sp³-hybridized carbons (Fsp3) is 0.500. The minimum absolute atomic E-state index is 0.0403. The molecular weight excluding hydrogens is 280 g/mol. The summed E-state index contributed by atoms with van der Waals surface area (Å²) in [7, 11) is 1.32. The van der Waals surface area contributed by atoms with Crippen molar-refractivity contribution in [2.45, 2.75) is 25.7 Å². The first-order chi connectivity index (χ1) is 9.03. The SMILES string of the molecule is CCOC(=O)Cc1c(C(F)F)cc(OC)nc1CCl. The first kappa shape index (κ1) is 15.6. The zero-order chi connectivity index (χ0) is 14.4. The van der Waals surface area contributed by atoms with Gasteiger partial charge in [-0.2, -0.15) is 0 Å². The number of rotatable bonds is 6. The minimum Gasteiger partial charge on any atom is -0.481 e. The van der Waals surface area contributed by atoms with Crippen molar-refractivity contribution >= 4 is 17.6 Å². The van der Waals surface area contributed by atoms with E-state index in [2.05, 4.69) is 4.98 Å². The van der Waals surface area contributed by atoms with Gasteiger partial charge in [0.15, 0.2) is 0 Å². The van der Waals surface area contributed by atoms with Crippen molar-refractivity contribution in [2.75, 3.05) is 13.7 Å². The van der Waals surface area contributed by atoms with Crippen molar-refractivity contribution < 1.29 is 23.0 Å². The second-order valence-electron chi connectivity index (χ2n) is 3.60. The molecule has 0 aromatic carbocycles. The fourth-order valence-electron chi connectivity index (χ4n) is 1.59. The average Bonchev–Trinajstić information content (AvgIpc) is 2.38. The van der Waals surface area contributed by atoms with Crippen molar-refractivity contribution in [1.82, 2.24) is 4.98 Å². The van der Waals surface area contributed by atoms with Crippen LogP contribution in [0, 0.1) is 0 Å². The first-order valence-electron chi connectivity index (χ1n) is 5.59. The van der Waals surface area contributed by atoms with E-state index in [9.17, 15) is 13.6 Å². The Bertz CT molecular complexity index is 455. The summed E-state index contributed by atoms with van der Waals surface area (Å²) < 4.78 is 35.6. The summed E-state index contributed by atoms with van der Waals surface area (Å²) >= 11 is 5.68. The molecule has 0 saturated heterocycles. The van der Waals surface area contributed by atoms with E-state index < -0.39 is 12.4 Å². The van der Waals surface area contributed by atoms with Crippen LogP contribution < -0.4 is 4.74 Å². The van der Waals surface area contributed by atoms with Gasteiger partial charge >= 0.3 is 5.97 Å². The quantitative estimate of drug-likeness (QED) is 0.598. The van der Waals surface area contributed by atoms with Crippen LogP contribution in [0.15, 0.2) is 6.07 Å². The standard InChI is InChI=1S/C12H14ClF2NO3/c1-3-19-11(17)5-7-8(12(14)15)4-10(18-2)16-9(7)6-13/h4,12H,3,5-6H2,1-2H3. The van der Waals surface area contributed by atoms with Crippen molar-refractivity contribution in [2.24, 2.45) is 0 Å². The summed E-state index contributed by atoms with van der Waals surface area (Å²) in [6.45, 7) is 1.82. The maximum atomic E-state index is 13.0. The Hall–Kier alpha value is -1.43. The largest absolute Gasteiger partial charge is 0.481 e. The van der Waals surface area contributed by atoms with Crippen molar-refractivity contribution in [3.63, 3.8) is 0 Å². The number of carbonyl (C=O) groups excluding carboxylic acids is 1. The summed E-state index contributed by atoms with van der Waals surface area (Å²) in [6, 6.07) is 1.11. The number of aromatic nitrogens is 1. The summed E-state index contributed by atoms with van der Waals surface area (Å²) in [4.78, 5) is 15.4. The van der Waals surface area contributed by atoms with E-state index >= 15 is 0 Å². The van der Waals surface area contributed by atoms with E-state index in [4.69, 9.17) is 21.1 Å². The Morgan fingerprint density at radius 2 is 2.21 bits per heavy atom. The maximum Gasteiger partial charge on any atom is 0.310 e. The predicted octanol–water partition coefficient (Wildman–Crippen LogP) is 2.87. The molecule has 106 valence electrons. The Morgan fingerprint density at radius 1 is 1.53 bits per heavy atom. The molecule has 0 aliphatic rings. The number of alkyl halides is 3. The first-order valence-corrected chi connectivity index (χ1v) is 6.13. The predicted molar refractivity (Wildman–Crippen MR) is 65.6 cm³/mol. The normalized spacial score (nSPS) is 10.6. The third-order valence-electron chi connectivity index (χ3n) is 2.42. The molecule has 0 spiro atoms. The summed E-state index contributed by atoms with van der Waals surface area (Å²) in [6.07, 6.45) is -3.03. The minimum atomic E-state index is -2.75. The molecular formula is C12H14ClF2NO3. The highest BCUT2D eigenvalue weighted by Gasteiger charge is 2.21. The van der Waals surface area contributed by atoms with Gasteiger partial charge in [0.25, 0.3) is 6.43 Å². The molecule has 0 unspecified atom stereocenters. The fourth-order valence-corrected chi connectivity index (χ4v) is 1.81. The lowest BCUT2D eigenvalue weighted by Gasteiger charge is -2.13. The van der Waals surface area contributed by atoms with Crippen molar-refractivity contribution in [3.05, 3.63) is 22.9 Å². The molecule has 0 bridgehead atoms. The van der Waals surface area contributed by atoms with Crippen LogP contribution in [-0.2, 0) is 21.8 Å². The lowest BCUT2D eigenvalue weighted by Crippen LogP contribution is -2.13. The van der Waals surface area contributed by atoms with Gasteiger partial charge in [0.05, 0.1) is 31.7 Å². The van der Waals surface area contributed by atoms with E-state index in [1.54, 1.807) is 6.92 Å². The van der Waals surface area contributed by atoms with Crippen LogP contribution in [-0.4, -0.2) is 24.7 Å². The summed E-state index contributed by atoms with van der Waals surface area (Å²) in [5.41, 5.74) is -0.0100. The van der Waals surface area contributed by atoms with E-state index in [0.29, 0.717) is 0 Å². The topological polar surface area (TPSA) is 48.4 Å². The molecule has 0 amide bonds. The van der Waals surface area contributed by atoms with Gasteiger partial charge in [-0.15, -0.1) is 11.6 Å². The van der Waals surface area contributed by atoms with Crippen LogP contribution in [0.1, 0.15) is 30.2 Å². The van der Waals surface area contributed by atoms with Gasteiger partial charge in [-0.3, -0.25) is 4.79 Å². The van der Waals surface area contributed by atoms with Crippen LogP contribution in [0.4, 0.5) is 8.78 Å². The zero-order valence-corrected chi connectivity index (χ0v) is 11.3. The molecule has 0 aliphatic carbocycles. The molecule has 1 heterocycles. The van der Waals surface area contributed by atoms with Crippen molar-refractivity contribution in [3.8, 4) is 5.88 Å². The van der Waals surface area contributed by atoms with E-state index in [1.165, 1.54) is 7.11 Å². The Kier molecular flexibility index (Phi) is 5.95. The highest BCUT2D eigenvalue weighted by Crippen LogP contribution is 2.29. The lowest BCUT2D eigenvalue weighted by atomic mass is 10.0. The van der Waals surface area contributed by atoms with E-state index in [-0.39, 0.29) is 41.6 Å². The lowest BCUT2D eigenvalue weighted by molar-refractivity contribution is -0.142. The van der Waals surface area contributed by atoms with Crippen LogP contribution in [0.25, 0.3) is 0 Å². The molecule has 0 fully saturated rings. The molecule has 0 saturated carbocycles. The highest BCUT2D eigenvalue weighted by molar-refractivity contribution is 6.17. The number of hydrogen-bond donors (Lipinski definition) is 0. The molecule has 0 N–H and O–H groups in total. The van der Waals surface area contributed by atoms with Crippen LogP contribution in [0.5, 0.6) is 5.88 Å². The molecule has 7 heteroatoms. The van der Waals surface area contributed by atoms with E-state index in [0.717, 1.165) is 6.07 Å². The number of carbonyl (C=O) groups is 1. The Balaban J connectivity index is 3.21.